The lowest BCUT2D eigenvalue weighted by molar-refractivity contribution is -0.274. The molecule has 1 saturated heterocycles. The molecule has 2 aliphatic heterocycles. The van der Waals surface area contributed by atoms with E-state index in [0.717, 1.165) is 42.4 Å². The Bertz CT molecular complexity index is 888. The summed E-state index contributed by atoms with van der Waals surface area (Å²) in [5.74, 6) is 0.167. The Hall–Kier alpha value is -2.62. The summed E-state index contributed by atoms with van der Waals surface area (Å²) < 4.78 is 62.5. The monoisotopic (exact) mass is 398 g/mol. The molecule has 2 aromatic rings. The Morgan fingerprint density at radius 3 is 2.79 bits per heavy atom. The molecule has 28 heavy (non-hydrogen) atoms. The van der Waals surface area contributed by atoms with E-state index >= 15 is 0 Å². The van der Waals surface area contributed by atoms with E-state index in [-0.39, 0.29) is 18.0 Å². The molecule has 0 bridgehead atoms. The number of nitrogens with zero attached hydrogens (tertiary/aromatic N) is 3. The molecule has 6 nitrogen and oxygen atoms in total. The maximum absolute atomic E-state index is 14.1. The quantitative estimate of drug-likeness (QED) is 0.795. The number of aromatic nitrogens is 2. The average molecular weight is 398 g/mol. The van der Waals surface area contributed by atoms with Crippen LogP contribution in [0.4, 0.5) is 23.4 Å². The number of aliphatic imine (C=N–C) groups is 1. The van der Waals surface area contributed by atoms with Gasteiger partial charge in [-0.15, -0.1) is 13.2 Å². The summed E-state index contributed by atoms with van der Waals surface area (Å²) in [5, 5.41) is 7.61. The van der Waals surface area contributed by atoms with E-state index in [1.54, 1.807) is 6.20 Å². The van der Waals surface area contributed by atoms with E-state index in [1.807, 2.05) is 4.68 Å². The molecule has 0 spiro atoms. The number of amidine groups is 1. The molecular weight excluding hydrogens is 380 g/mol. The lowest BCUT2D eigenvalue weighted by Gasteiger charge is -2.26. The second-order valence-corrected chi connectivity index (χ2v) is 6.67. The van der Waals surface area contributed by atoms with Gasteiger partial charge in [-0.25, -0.2) is 9.07 Å². The molecule has 1 aromatic heterocycles. The molecular formula is C18H18F4N4O2. The first kappa shape index (κ1) is 18.7. The highest BCUT2D eigenvalue weighted by molar-refractivity contribution is 5.98. The van der Waals surface area contributed by atoms with Gasteiger partial charge in [-0.05, 0) is 36.6 Å². The normalized spacial score (nSPS) is 17.6. The number of hydrogen-bond donors (Lipinski definition) is 1. The first-order chi connectivity index (χ1) is 13.4. The Kier molecular flexibility index (Phi) is 4.96. The number of anilines is 1. The zero-order valence-corrected chi connectivity index (χ0v) is 14.8. The van der Waals surface area contributed by atoms with Crippen molar-refractivity contribution in [1.29, 1.82) is 0 Å². The van der Waals surface area contributed by atoms with Gasteiger partial charge >= 0.3 is 6.36 Å². The van der Waals surface area contributed by atoms with Crippen LogP contribution in [-0.2, 0) is 17.7 Å². The fourth-order valence-electron chi connectivity index (χ4n) is 3.38. The van der Waals surface area contributed by atoms with Gasteiger partial charge in [0, 0.05) is 25.2 Å². The minimum atomic E-state index is -4.83. The molecule has 1 fully saturated rings. The van der Waals surface area contributed by atoms with E-state index in [4.69, 9.17) is 4.74 Å². The topological polar surface area (TPSA) is 60.7 Å². The number of nitrogens with one attached hydrogen (secondary N) is 1. The number of benzene rings is 1. The zero-order valence-electron chi connectivity index (χ0n) is 14.8. The summed E-state index contributed by atoms with van der Waals surface area (Å²) >= 11 is 0. The van der Waals surface area contributed by atoms with E-state index in [0.29, 0.717) is 25.6 Å². The van der Waals surface area contributed by atoms with E-state index in [9.17, 15) is 17.6 Å². The molecule has 0 radical (unpaired) electrons. The minimum absolute atomic E-state index is 0.0132. The highest BCUT2D eigenvalue weighted by Crippen LogP contribution is 2.30. The summed E-state index contributed by atoms with van der Waals surface area (Å²) in [5.41, 5.74) is 0.985. The zero-order chi connectivity index (χ0) is 19.7. The largest absolute Gasteiger partial charge is 0.573 e. The van der Waals surface area contributed by atoms with E-state index < -0.39 is 17.9 Å². The SMILES string of the molecule is Fc1ccc(OC(F)(F)F)cc1CC1=NCc2cnn(C3CCOCC3)c2N1. The first-order valence-corrected chi connectivity index (χ1v) is 8.88. The molecule has 0 aliphatic carbocycles. The van der Waals surface area contributed by atoms with Gasteiger partial charge < -0.3 is 14.8 Å². The molecule has 1 N–H and O–H groups in total. The fraction of sp³-hybridized carbons (Fsp3) is 0.444. The maximum Gasteiger partial charge on any atom is 0.573 e. The average Bonchev–Trinajstić information content (AvgIpc) is 3.07. The number of hydrogen-bond acceptors (Lipinski definition) is 5. The summed E-state index contributed by atoms with van der Waals surface area (Å²) in [6.45, 7) is 1.70. The Balaban J connectivity index is 1.51. The van der Waals surface area contributed by atoms with Gasteiger partial charge in [-0.3, -0.25) is 4.99 Å². The lowest BCUT2D eigenvalue weighted by Crippen LogP contribution is -2.26. The fourth-order valence-corrected chi connectivity index (χ4v) is 3.38. The van der Waals surface area contributed by atoms with Crippen molar-refractivity contribution < 1.29 is 27.0 Å². The molecule has 10 heteroatoms. The van der Waals surface area contributed by atoms with Crippen LogP contribution in [0.1, 0.15) is 30.0 Å². The summed E-state index contributed by atoms with van der Waals surface area (Å²) in [6, 6.07) is 3.14. The van der Waals surface area contributed by atoms with Crippen molar-refractivity contribution in [2.45, 2.75) is 38.2 Å². The molecule has 0 atom stereocenters. The van der Waals surface area contributed by atoms with Crippen molar-refractivity contribution in [3.8, 4) is 5.75 Å². The van der Waals surface area contributed by atoms with Crippen LogP contribution in [0.5, 0.6) is 5.75 Å². The van der Waals surface area contributed by atoms with Crippen LogP contribution in [0.3, 0.4) is 0 Å². The van der Waals surface area contributed by atoms with Crippen molar-refractivity contribution in [3.63, 3.8) is 0 Å². The minimum Gasteiger partial charge on any atom is -0.406 e. The van der Waals surface area contributed by atoms with Gasteiger partial charge in [0.25, 0.3) is 0 Å². The second kappa shape index (κ2) is 7.42. The van der Waals surface area contributed by atoms with Crippen molar-refractivity contribution in [1.82, 2.24) is 9.78 Å². The molecule has 0 saturated carbocycles. The van der Waals surface area contributed by atoms with Crippen molar-refractivity contribution in [3.05, 3.63) is 41.3 Å². The second-order valence-electron chi connectivity index (χ2n) is 6.67. The third-order valence-electron chi connectivity index (χ3n) is 4.72. The van der Waals surface area contributed by atoms with Crippen LogP contribution in [0, 0.1) is 5.82 Å². The van der Waals surface area contributed by atoms with Crippen LogP contribution in [0.15, 0.2) is 29.4 Å². The van der Waals surface area contributed by atoms with Gasteiger partial charge in [0.15, 0.2) is 0 Å². The van der Waals surface area contributed by atoms with Gasteiger partial charge in [0.1, 0.15) is 23.2 Å². The number of halogens is 4. The Morgan fingerprint density at radius 2 is 2.04 bits per heavy atom. The van der Waals surface area contributed by atoms with Crippen LogP contribution < -0.4 is 10.1 Å². The maximum atomic E-state index is 14.1. The highest BCUT2D eigenvalue weighted by atomic mass is 19.4. The van der Waals surface area contributed by atoms with Gasteiger partial charge in [-0.2, -0.15) is 5.10 Å². The number of rotatable bonds is 4. The van der Waals surface area contributed by atoms with Crippen LogP contribution in [0.25, 0.3) is 0 Å². The van der Waals surface area contributed by atoms with Crippen LogP contribution in [0.2, 0.25) is 0 Å². The summed E-state index contributed by atoms with van der Waals surface area (Å²) in [6.07, 6.45) is -1.39. The molecule has 150 valence electrons. The lowest BCUT2D eigenvalue weighted by atomic mass is 10.1. The highest BCUT2D eigenvalue weighted by Gasteiger charge is 2.31. The summed E-state index contributed by atoms with van der Waals surface area (Å²) in [7, 11) is 0. The van der Waals surface area contributed by atoms with Crippen LogP contribution in [-0.4, -0.2) is 35.2 Å². The van der Waals surface area contributed by atoms with E-state index in [1.165, 1.54) is 0 Å². The van der Waals surface area contributed by atoms with Gasteiger partial charge in [0.05, 0.1) is 18.8 Å². The smallest absolute Gasteiger partial charge is 0.406 e. The third kappa shape index (κ3) is 4.11. The molecule has 3 heterocycles. The van der Waals surface area contributed by atoms with Crippen molar-refractivity contribution in [2.75, 3.05) is 18.5 Å². The molecule has 1 aromatic carbocycles. The molecule has 4 rings (SSSR count). The predicted molar refractivity (Wildman–Crippen MR) is 92.9 cm³/mol. The van der Waals surface area contributed by atoms with Crippen molar-refractivity contribution >= 4 is 11.7 Å². The van der Waals surface area contributed by atoms with Gasteiger partial charge in [0.2, 0.25) is 0 Å². The summed E-state index contributed by atoms with van der Waals surface area (Å²) in [4.78, 5) is 4.37. The Labute approximate surface area is 158 Å². The van der Waals surface area contributed by atoms with Crippen LogP contribution >= 0.6 is 0 Å². The number of fused-ring (bicyclic) bond motifs is 1. The molecule has 2 aliphatic rings. The molecule has 0 unspecified atom stereocenters. The van der Waals surface area contributed by atoms with E-state index in [2.05, 4.69) is 20.1 Å². The van der Waals surface area contributed by atoms with Crippen molar-refractivity contribution in [2.24, 2.45) is 4.99 Å². The predicted octanol–water partition coefficient (Wildman–Crippen LogP) is 3.84. The Morgan fingerprint density at radius 1 is 1.25 bits per heavy atom. The standard InChI is InChI=1S/C18H18F4N4O2/c19-15-2-1-14(28-18(20,21)22)7-11(15)8-16-23-9-12-10-24-26(17(12)25-16)13-3-5-27-6-4-13/h1-2,7,10,13H,3-6,8-9H2,(H,23,25). The number of ether oxygens (including phenoxy) is 2. The van der Waals surface area contributed by atoms with Gasteiger partial charge in [-0.1, -0.05) is 0 Å². The molecule has 0 amide bonds. The number of alkyl halides is 3. The third-order valence-corrected chi connectivity index (χ3v) is 4.72. The first-order valence-electron chi connectivity index (χ1n) is 8.88.